The van der Waals surface area contributed by atoms with Gasteiger partial charge in [0.1, 0.15) is 29.7 Å². The Morgan fingerprint density at radius 1 is 1.11 bits per heavy atom. The molecule has 1 aliphatic rings. The van der Waals surface area contributed by atoms with Crippen molar-refractivity contribution in [1.82, 2.24) is 15.3 Å². The number of methoxy groups -OCH3 is 2. The number of ether oxygens (including phenoxy) is 3. The molecule has 182 valence electrons. The van der Waals surface area contributed by atoms with Crippen LogP contribution in [0.15, 0.2) is 72.4 Å². The highest BCUT2D eigenvalue weighted by atomic mass is 35.5. The lowest BCUT2D eigenvalue weighted by molar-refractivity contribution is -0.117. The van der Waals surface area contributed by atoms with Crippen LogP contribution in [0.1, 0.15) is 11.1 Å². The van der Waals surface area contributed by atoms with E-state index >= 15 is 0 Å². The first-order valence-corrected chi connectivity index (χ1v) is 11.7. The second kappa shape index (κ2) is 10.2. The van der Waals surface area contributed by atoms with Gasteiger partial charge in [0.2, 0.25) is 0 Å². The van der Waals surface area contributed by atoms with Gasteiger partial charge in [-0.15, -0.1) is 0 Å². The van der Waals surface area contributed by atoms with Crippen molar-refractivity contribution >= 4 is 23.6 Å². The van der Waals surface area contributed by atoms with Gasteiger partial charge in [-0.2, -0.15) is 0 Å². The Hall–Kier alpha value is -4.23. The number of hydrogen-bond donors (Lipinski definition) is 2. The number of benzene rings is 3. The Morgan fingerprint density at radius 3 is 2.83 bits per heavy atom. The van der Waals surface area contributed by atoms with Crippen molar-refractivity contribution < 1.29 is 19.0 Å². The number of amides is 1. The summed E-state index contributed by atoms with van der Waals surface area (Å²) in [5.41, 5.74) is 4.84. The lowest BCUT2D eigenvalue weighted by atomic mass is 10.1. The van der Waals surface area contributed by atoms with Crippen LogP contribution in [-0.4, -0.2) is 36.7 Å². The fourth-order valence-corrected chi connectivity index (χ4v) is 4.21. The Balaban J connectivity index is 1.30. The molecule has 2 N–H and O–H groups in total. The molecule has 1 aliphatic heterocycles. The van der Waals surface area contributed by atoms with E-state index in [0.29, 0.717) is 34.5 Å². The molecule has 36 heavy (non-hydrogen) atoms. The van der Waals surface area contributed by atoms with E-state index in [1.807, 2.05) is 48.5 Å². The third-order valence-electron chi connectivity index (χ3n) is 5.90. The van der Waals surface area contributed by atoms with Gasteiger partial charge in [-0.3, -0.25) is 4.79 Å². The molecular weight excluding hydrogens is 478 g/mol. The molecule has 0 saturated carbocycles. The first kappa shape index (κ1) is 23.5. The average molecular weight is 502 g/mol. The number of imidazole rings is 1. The van der Waals surface area contributed by atoms with Crippen LogP contribution in [0.4, 0.5) is 0 Å². The molecule has 2 heterocycles. The van der Waals surface area contributed by atoms with Crippen molar-refractivity contribution in [2.75, 3.05) is 20.8 Å². The quantitative estimate of drug-likeness (QED) is 0.349. The van der Waals surface area contributed by atoms with Crippen LogP contribution in [0.5, 0.6) is 17.2 Å². The molecule has 0 radical (unpaired) electrons. The zero-order valence-electron chi connectivity index (χ0n) is 19.8. The molecule has 3 aromatic carbocycles. The molecule has 0 aliphatic carbocycles. The predicted molar refractivity (Wildman–Crippen MR) is 139 cm³/mol. The normalized spacial score (nSPS) is 12.2. The highest BCUT2D eigenvalue weighted by Gasteiger charge is 2.18. The van der Waals surface area contributed by atoms with Gasteiger partial charge in [-0.25, -0.2) is 4.98 Å². The van der Waals surface area contributed by atoms with Gasteiger partial charge >= 0.3 is 0 Å². The van der Waals surface area contributed by atoms with Crippen molar-refractivity contribution in [3.05, 3.63) is 88.6 Å². The summed E-state index contributed by atoms with van der Waals surface area (Å²) in [6.07, 6.45) is 3.58. The summed E-state index contributed by atoms with van der Waals surface area (Å²) >= 11 is 6.07. The summed E-state index contributed by atoms with van der Waals surface area (Å²) in [5.74, 6) is 2.68. The molecule has 0 spiro atoms. The van der Waals surface area contributed by atoms with Crippen molar-refractivity contribution in [2.24, 2.45) is 0 Å². The smallest absolute Gasteiger partial charge is 0.250 e. The zero-order chi connectivity index (χ0) is 25.1. The van der Waals surface area contributed by atoms with E-state index in [1.165, 1.54) is 0 Å². The number of nitrogens with one attached hydrogen (secondary N) is 2. The number of carbonyl (C=O) groups excluding carboxylic acids is 1. The maximum absolute atomic E-state index is 12.8. The van der Waals surface area contributed by atoms with Gasteiger partial charge in [-0.1, -0.05) is 29.8 Å². The molecule has 0 fully saturated rings. The molecule has 1 aromatic heterocycles. The van der Waals surface area contributed by atoms with Crippen LogP contribution in [-0.2, 0) is 11.3 Å². The minimum atomic E-state index is -0.184. The van der Waals surface area contributed by atoms with Crippen LogP contribution >= 0.6 is 11.6 Å². The van der Waals surface area contributed by atoms with Gasteiger partial charge in [0.25, 0.3) is 5.91 Å². The molecule has 7 nitrogen and oxygen atoms in total. The van der Waals surface area contributed by atoms with E-state index in [4.69, 9.17) is 25.8 Å². The summed E-state index contributed by atoms with van der Waals surface area (Å²) in [6, 6.07) is 18.8. The standard InChI is InChI=1S/C28H24ClN3O4/c1-34-22-7-9-26(35-2)23(13-22)24-15-30-27(32-24)18-5-3-4-17(10-18)14-31-28(33)20-11-19-12-21(29)6-8-25(19)36-16-20/h3-13,15H,14,16H2,1-2H3,(H,30,32)(H,31,33). The number of rotatable bonds is 7. The van der Waals surface area contributed by atoms with Gasteiger partial charge in [0.15, 0.2) is 0 Å². The Morgan fingerprint density at radius 2 is 2.00 bits per heavy atom. The van der Waals surface area contributed by atoms with Crippen LogP contribution < -0.4 is 19.5 Å². The number of hydrogen-bond acceptors (Lipinski definition) is 5. The van der Waals surface area contributed by atoms with Gasteiger partial charge in [0, 0.05) is 28.3 Å². The van der Waals surface area contributed by atoms with Gasteiger partial charge < -0.3 is 24.5 Å². The second-order valence-corrected chi connectivity index (χ2v) is 8.67. The lowest BCUT2D eigenvalue weighted by Gasteiger charge is -2.18. The van der Waals surface area contributed by atoms with E-state index in [9.17, 15) is 4.79 Å². The summed E-state index contributed by atoms with van der Waals surface area (Å²) in [5, 5.41) is 3.57. The monoisotopic (exact) mass is 501 g/mol. The number of aromatic amines is 1. The lowest BCUT2D eigenvalue weighted by Crippen LogP contribution is -2.28. The Labute approximate surface area is 213 Å². The minimum Gasteiger partial charge on any atom is -0.497 e. The number of aromatic nitrogens is 2. The topological polar surface area (TPSA) is 85.5 Å². The zero-order valence-corrected chi connectivity index (χ0v) is 20.6. The first-order chi connectivity index (χ1) is 17.5. The highest BCUT2D eigenvalue weighted by Crippen LogP contribution is 2.33. The van der Waals surface area contributed by atoms with E-state index in [1.54, 1.807) is 38.6 Å². The number of fused-ring (bicyclic) bond motifs is 1. The van der Waals surface area contributed by atoms with Crippen LogP contribution in [0.3, 0.4) is 0 Å². The molecule has 5 rings (SSSR count). The molecule has 0 atom stereocenters. The van der Waals surface area contributed by atoms with E-state index in [0.717, 1.165) is 33.7 Å². The van der Waals surface area contributed by atoms with Gasteiger partial charge in [-0.05, 0) is 54.1 Å². The molecule has 0 saturated heterocycles. The van der Waals surface area contributed by atoms with Crippen molar-refractivity contribution in [3.8, 4) is 39.9 Å². The predicted octanol–water partition coefficient (Wildman–Crippen LogP) is 5.51. The van der Waals surface area contributed by atoms with Crippen LogP contribution in [0.25, 0.3) is 28.7 Å². The average Bonchev–Trinajstić information content (AvgIpc) is 3.41. The highest BCUT2D eigenvalue weighted by molar-refractivity contribution is 6.30. The second-order valence-electron chi connectivity index (χ2n) is 8.24. The third kappa shape index (κ3) is 4.92. The van der Waals surface area contributed by atoms with E-state index in [-0.39, 0.29) is 12.5 Å². The Kier molecular flexibility index (Phi) is 6.64. The number of halogens is 1. The van der Waals surface area contributed by atoms with Crippen LogP contribution in [0, 0.1) is 0 Å². The molecule has 0 unspecified atom stereocenters. The van der Waals surface area contributed by atoms with Crippen molar-refractivity contribution in [2.45, 2.75) is 6.54 Å². The maximum atomic E-state index is 12.8. The number of carbonyl (C=O) groups is 1. The van der Waals surface area contributed by atoms with Crippen molar-refractivity contribution in [1.29, 1.82) is 0 Å². The summed E-state index contributed by atoms with van der Waals surface area (Å²) in [6.45, 7) is 0.576. The molecule has 0 bridgehead atoms. The summed E-state index contributed by atoms with van der Waals surface area (Å²) < 4.78 is 16.5. The largest absolute Gasteiger partial charge is 0.497 e. The summed E-state index contributed by atoms with van der Waals surface area (Å²) in [4.78, 5) is 20.7. The fourth-order valence-electron chi connectivity index (χ4n) is 4.03. The van der Waals surface area contributed by atoms with E-state index in [2.05, 4.69) is 15.3 Å². The molecule has 1 amide bonds. The van der Waals surface area contributed by atoms with E-state index < -0.39 is 0 Å². The summed E-state index contributed by atoms with van der Waals surface area (Å²) in [7, 11) is 3.25. The van der Waals surface area contributed by atoms with Gasteiger partial charge in [0.05, 0.1) is 31.7 Å². The molecular formula is C28H24ClN3O4. The molecule has 8 heteroatoms. The Bertz CT molecular complexity index is 1460. The fraction of sp³-hybridized carbons (Fsp3) is 0.143. The number of nitrogens with zero attached hydrogens (tertiary/aromatic N) is 1. The molecule has 4 aromatic rings. The SMILES string of the molecule is COc1ccc(OC)c(-c2cnc(-c3cccc(CNC(=O)C4=Cc5cc(Cl)ccc5OC4)c3)[nH]2)c1. The van der Waals surface area contributed by atoms with Crippen molar-refractivity contribution in [3.63, 3.8) is 0 Å². The van der Waals surface area contributed by atoms with Crippen LogP contribution in [0.2, 0.25) is 5.02 Å². The first-order valence-electron chi connectivity index (χ1n) is 11.3. The third-order valence-corrected chi connectivity index (χ3v) is 6.14. The maximum Gasteiger partial charge on any atom is 0.250 e. The minimum absolute atomic E-state index is 0.184. The number of H-pyrrole nitrogens is 1.